The van der Waals surface area contributed by atoms with E-state index in [-0.39, 0.29) is 18.3 Å². The fourth-order valence-electron chi connectivity index (χ4n) is 3.67. The Kier molecular flexibility index (Phi) is 7.07. The quantitative estimate of drug-likeness (QED) is 0.843. The summed E-state index contributed by atoms with van der Waals surface area (Å²) in [5.74, 6) is 0.881. The molecule has 1 saturated heterocycles. The minimum Gasteiger partial charge on any atom is -0.337 e. The van der Waals surface area contributed by atoms with Crippen LogP contribution in [0.5, 0.6) is 0 Å². The van der Waals surface area contributed by atoms with E-state index in [0.29, 0.717) is 5.69 Å². The van der Waals surface area contributed by atoms with E-state index in [1.807, 2.05) is 4.90 Å². The van der Waals surface area contributed by atoms with Crippen LogP contribution in [0, 0.1) is 5.92 Å². The number of carbonyl (C=O) groups excluding carboxylic acids is 1. The number of piperidine rings is 1. The molecule has 136 valence electrons. The van der Waals surface area contributed by atoms with Gasteiger partial charge in [0.25, 0.3) is 5.91 Å². The lowest BCUT2D eigenvalue weighted by atomic mass is 9.92. The van der Waals surface area contributed by atoms with Crippen molar-refractivity contribution in [2.45, 2.75) is 38.6 Å². The van der Waals surface area contributed by atoms with Crippen molar-refractivity contribution in [1.82, 2.24) is 25.3 Å². The first-order valence-corrected chi connectivity index (χ1v) is 8.86. The number of rotatable bonds is 5. The molecule has 0 aromatic carbocycles. The first-order chi connectivity index (χ1) is 11.1. The summed E-state index contributed by atoms with van der Waals surface area (Å²) in [5, 5.41) is 10.7. The molecule has 1 amide bonds. The maximum absolute atomic E-state index is 12.8. The number of nitrogens with zero attached hydrogens (tertiary/aromatic N) is 3. The molecule has 3 heterocycles. The Morgan fingerprint density at radius 3 is 2.79 bits per heavy atom. The second kappa shape index (κ2) is 8.83. The van der Waals surface area contributed by atoms with Crippen LogP contribution in [-0.4, -0.2) is 66.2 Å². The van der Waals surface area contributed by atoms with Gasteiger partial charge < -0.3 is 15.1 Å². The number of hydrogen-bond donors (Lipinski definition) is 2. The normalized spacial score (nSPS) is 18.4. The van der Waals surface area contributed by atoms with Crippen LogP contribution in [-0.2, 0) is 13.0 Å². The third-order valence-electron chi connectivity index (χ3n) is 5.13. The van der Waals surface area contributed by atoms with Crippen LogP contribution in [0.1, 0.15) is 47.4 Å². The summed E-state index contributed by atoms with van der Waals surface area (Å²) in [6.07, 6.45) is 5.73. The summed E-state index contributed by atoms with van der Waals surface area (Å²) in [5.41, 5.74) is 2.85. The Morgan fingerprint density at radius 1 is 1.33 bits per heavy atom. The standard InChI is InChI=1S/C17H29N5O.ClH/c1-21(2)9-3-4-13-6-10-22(11-7-13)17(23)16-14-12-18-8-5-15(14)19-20-16;/h13,18H,3-12H2,1-2H3,(H,19,20);1H. The van der Waals surface area contributed by atoms with Crippen LogP contribution in [0.15, 0.2) is 0 Å². The molecule has 1 fully saturated rings. The van der Waals surface area contributed by atoms with Gasteiger partial charge in [-0.25, -0.2) is 0 Å². The molecule has 3 rings (SSSR count). The average Bonchev–Trinajstić information content (AvgIpc) is 2.98. The number of aromatic amines is 1. The predicted octanol–water partition coefficient (Wildman–Crippen LogP) is 1.67. The van der Waals surface area contributed by atoms with Crippen LogP contribution in [0.2, 0.25) is 0 Å². The van der Waals surface area contributed by atoms with E-state index in [1.54, 1.807) is 0 Å². The lowest BCUT2D eigenvalue weighted by Gasteiger charge is -2.32. The topological polar surface area (TPSA) is 64.3 Å². The predicted molar refractivity (Wildman–Crippen MR) is 97.7 cm³/mol. The zero-order valence-corrected chi connectivity index (χ0v) is 15.6. The zero-order valence-electron chi connectivity index (χ0n) is 14.8. The third-order valence-corrected chi connectivity index (χ3v) is 5.13. The summed E-state index contributed by atoms with van der Waals surface area (Å²) in [6.45, 7) is 4.63. The highest BCUT2D eigenvalue weighted by atomic mass is 35.5. The lowest BCUT2D eigenvalue weighted by Crippen LogP contribution is -2.39. The van der Waals surface area contributed by atoms with Crippen molar-refractivity contribution < 1.29 is 4.79 Å². The molecule has 2 aliphatic heterocycles. The van der Waals surface area contributed by atoms with Crippen molar-refractivity contribution in [3.63, 3.8) is 0 Å². The van der Waals surface area contributed by atoms with Crippen LogP contribution in [0.4, 0.5) is 0 Å². The van der Waals surface area contributed by atoms with Gasteiger partial charge in [0.2, 0.25) is 0 Å². The van der Waals surface area contributed by atoms with Gasteiger partial charge in [0.15, 0.2) is 5.69 Å². The molecule has 1 aromatic rings. The first kappa shape index (κ1) is 19.2. The Hall–Kier alpha value is -1.11. The average molecular weight is 356 g/mol. The number of halogens is 1. The highest BCUT2D eigenvalue weighted by Crippen LogP contribution is 2.24. The molecule has 0 spiro atoms. The van der Waals surface area contributed by atoms with E-state index < -0.39 is 0 Å². The molecule has 0 radical (unpaired) electrons. The van der Waals surface area contributed by atoms with Crippen molar-refractivity contribution >= 4 is 18.3 Å². The van der Waals surface area contributed by atoms with Gasteiger partial charge in [-0.15, -0.1) is 12.4 Å². The number of aromatic nitrogens is 2. The van der Waals surface area contributed by atoms with Crippen LogP contribution >= 0.6 is 12.4 Å². The molecule has 2 N–H and O–H groups in total. The second-order valence-corrected chi connectivity index (χ2v) is 7.14. The molecular weight excluding hydrogens is 326 g/mol. The molecule has 0 unspecified atom stereocenters. The molecular formula is C17H30ClN5O. The molecule has 0 saturated carbocycles. The maximum atomic E-state index is 12.8. The molecule has 0 atom stereocenters. The van der Waals surface area contributed by atoms with Crippen LogP contribution in [0.25, 0.3) is 0 Å². The van der Waals surface area contributed by atoms with E-state index in [0.717, 1.165) is 69.2 Å². The van der Waals surface area contributed by atoms with E-state index >= 15 is 0 Å². The fraction of sp³-hybridized carbons (Fsp3) is 0.765. The smallest absolute Gasteiger partial charge is 0.274 e. The van der Waals surface area contributed by atoms with E-state index in [9.17, 15) is 4.79 Å². The van der Waals surface area contributed by atoms with Gasteiger partial charge in [0.1, 0.15) is 0 Å². The summed E-state index contributed by atoms with van der Waals surface area (Å²) >= 11 is 0. The van der Waals surface area contributed by atoms with Gasteiger partial charge >= 0.3 is 0 Å². The second-order valence-electron chi connectivity index (χ2n) is 7.14. The summed E-state index contributed by atoms with van der Waals surface area (Å²) < 4.78 is 0. The number of hydrogen-bond acceptors (Lipinski definition) is 4. The summed E-state index contributed by atoms with van der Waals surface area (Å²) in [6, 6.07) is 0. The zero-order chi connectivity index (χ0) is 16.2. The van der Waals surface area contributed by atoms with Gasteiger partial charge in [0, 0.05) is 43.9 Å². The van der Waals surface area contributed by atoms with Crippen LogP contribution in [0.3, 0.4) is 0 Å². The monoisotopic (exact) mass is 355 g/mol. The van der Waals surface area contributed by atoms with Crippen molar-refractivity contribution in [2.24, 2.45) is 5.92 Å². The molecule has 7 heteroatoms. The van der Waals surface area contributed by atoms with Gasteiger partial charge in [-0.3, -0.25) is 9.89 Å². The van der Waals surface area contributed by atoms with Crippen molar-refractivity contribution in [2.75, 3.05) is 40.3 Å². The SMILES string of the molecule is CN(C)CCCC1CCN(C(=O)c2n[nH]c3c2CNCC3)CC1.Cl. The molecule has 2 aliphatic rings. The minimum atomic E-state index is 0. The Balaban J connectivity index is 0.00000208. The van der Waals surface area contributed by atoms with E-state index in [4.69, 9.17) is 0 Å². The Bertz CT molecular complexity index is 537. The number of nitrogens with one attached hydrogen (secondary N) is 2. The maximum Gasteiger partial charge on any atom is 0.274 e. The van der Waals surface area contributed by atoms with Crippen molar-refractivity contribution in [3.8, 4) is 0 Å². The first-order valence-electron chi connectivity index (χ1n) is 8.86. The Morgan fingerprint density at radius 2 is 2.08 bits per heavy atom. The highest BCUT2D eigenvalue weighted by molar-refractivity contribution is 5.94. The van der Waals surface area contributed by atoms with Crippen molar-refractivity contribution in [3.05, 3.63) is 17.0 Å². The van der Waals surface area contributed by atoms with E-state index in [1.165, 1.54) is 12.8 Å². The largest absolute Gasteiger partial charge is 0.337 e. The minimum absolute atomic E-state index is 0. The third kappa shape index (κ3) is 4.49. The number of H-pyrrole nitrogens is 1. The fourth-order valence-corrected chi connectivity index (χ4v) is 3.67. The molecule has 24 heavy (non-hydrogen) atoms. The van der Waals surface area contributed by atoms with Crippen LogP contribution < -0.4 is 5.32 Å². The number of likely N-dealkylation sites (tertiary alicyclic amines) is 1. The molecule has 0 aliphatic carbocycles. The molecule has 1 aromatic heterocycles. The number of fused-ring (bicyclic) bond motifs is 1. The van der Waals surface area contributed by atoms with E-state index in [2.05, 4.69) is 34.5 Å². The molecule has 6 nitrogen and oxygen atoms in total. The lowest BCUT2D eigenvalue weighted by molar-refractivity contribution is 0.0677. The molecule has 0 bridgehead atoms. The van der Waals surface area contributed by atoms with Crippen molar-refractivity contribution in [1.29, 1.82) is 0 Å². The van der Waals surface area contributed by atoms with Gasteiger partial charge in [-0.05, 0) is 52.2 Å². The highest BCUT2D eigenvalue weighted by Gasteiger charge is 2.28. The summed E-state index contributed by atoms with van der Waals surface area (Å²) in [4.78, 5) is 17.0. The van der Waals surface area contributed by atoms with Gasteiger partial charge in [-0.1, -0.05) is 0 Å². The van der Waals surface area contributed by atoms with Gasteiger partial charge in [-0.2, -0.15) is 5.10 Å². The van der Waals surface area contributed by atoms with Gasteiger partial charge in [0.05, 0.1) is 0 Å². The number of amides is 1. The Labute approximate surface area is 150 Å². The summed E-state index contributed by atoms with van der Waals surface area (Å²) in [7, 11) is 4.25. The number of carbonyl (C=O) groups is 1.